The van der Waals surface area contributed by atoms with Crippen LogP contribution in [0, 0.1) is 12.8 Å². The van der Waals surface area contributed by atoms with E-state index in [9.17, 15) is 4.79 Å². The smallest absolute Gasteiger partial charge is 0.229 e. The Morgan fingerprint density at radius 2 is 1.59 bits per heavy atom. The van der Waals surface area contributed by atoms with Gasteiger partial charge in [-0.05, 0) is 49.1 Å². The first-order valence-corrected chi connectivity index (χ1v) is 11.8. The molecule has 5 nitrogen and oxygen atoms in total. The molecule has 170 valence electrons. The first kappa shape index (κ1) is 21.8. The van der Waals surface area contributed by atoms with Gasteiger partial charge in [0.25, 0.3) is 0 Å². The Morgan fingerprint density at radius 3 is 2.35 bits per heavy atom. The molecule has 4 aromatic rings. The number of anilines is 2. The third-order valence-electron chi connectivity index (χ3n) is 6.46. The number of piperidine rings is 1. The maximum atomic E-state index is 13.2. The van der Waals surface area contributed by atoms with Crippen LogP contribution in [0.25, 0.3) is 22.4 Å². The molecule has 2 heterocycles. The lowest BCUT2D eigenvalue weighted by Crippen LogP contribution is -2.41. The van der Waals surface area contributed by atoms with Gasteiger partial charge in [0.1, 0.15) is 0 Å². The van der Waals surface area contributed by atoms with Gasteiger partial charge < -0.3 is 10.2 Å². The maximum Gasteiger partial charge on any atom is 0.229 e. The summed E-state index contributed by atoms with van der Waals surface area (Å²) >= 11 is 0. The van der Waals surface area contributed by atoms with Crippen LogP contribution in [0.5, 0.6) is 0 Å². The summed E-state index contributed by atoms with van der Waals surface area (Å²) in [5.41, 5.74) is 6.10. The fourth-order valence-corrected chi connectivity index (χ4v) is 4.59. The van der Waals surface area contributed by atoms with E-state index in [1.165, 1.54) is 5.56 Å². The first-order chi connectivity index (χ1) is 16.7. The molecule has 1 fully saturated rings. The van der Waals surface area contributed by atoms with Crippen LogP contribution in [0.2, 0.25) is 0 Å². The Kier molecular flexibility index (Phi) is 6.34. The number of hydrogen-bond acceptors (Lipinski definition) is 4. The lowest BCUT2D eigenvalue weighted by atomic mass is 9.96. The van der Waals surface area contributed by atoms with E-state index in [0.717, 1.165) is 53.3 Å². The minimum Gasteiger partial charge on any atom is -0.354 e. The number of aryl methyl sites for hydroxylation is 1. The zero-order valence-electron chi connectivity index (χ0n) is 19.3. The van der Waals surface area contributed by atoms with Gasteiger partial charge in [-0.15, -0.1) is 10.2 Å². The lowest BCUT2D eigenvalue weighted by Gasteiger charge is -2.32. The molecule has 3 aromatic carbocycles. The van der Waals surface area contributed by atoms with Crippen molar-refractivity contribution >= 4 is 17.4 Å². The molecule has 1 aromatic heterocycles. The normalized spacial score (nSPS) is 15.7. The summed E-state index contributed by atoms with van der Waals surface area (Å²) in [4.78, 5) is 15.4. The van der Waals surface area contributed by atoms with Crippen LogP contribution in [-0.4, -0.2) is 29.2 Å². The minimum absolute atomic E-state index is 0.0533. The van der Waals surface area contributed by atoms with Crippen LogP contribution in [0.4, 0.5) is 11.5 Å². The quantitative estimate of drug-likeness (QED) is 0.408. The number of carbonyl (C=O) groups excluding carboxylic acids is 1. The van der Waals surface area contributed by atoms with E-state index in [1.807, 2.05) is 66.7 Å². The molecule has 34 heavy (non-hydrogen) atoms. The van der Waals surface area contributed by atoms with Crippen molar-refractivity contribution in [3.8, 4) is 22.4 Å². The van der Waals surface area contributed by atoms with Gasteiger partial charge in [0.15, 0.2) is 5.82 Å². The van der Waals surface area contributed by atoms with Crippen molar-refractivity contribution in [1.29, 1.82) is 0 Å². The van der Waals surface area contributed by atoms with Gasteiger partial charge in [0.05, 0.1) is 11.6 Å². The van der Waals surface area contributed by atoms with Crippen LogP contribution >= 0.6 is 0 Å². The van der Waals surface area contributed by atoms with E-state index < -0.39 is 0 Å². The Hall–Kier alpha value is -3.99. The predicted molar refractivity (Wildman–Crippen MR) is 138 cm³/mol. The number of aromatic nitrogens is 2. The van der Waals surface area contributed by atoms with Crippen molar-refractivity contribution in [2.75, 3.05) is 23.3 Å². The molecule has 1 aliphatic rings. The molecule has 0 bridgehead atoms. The number of carbonyl (C=O) groups is 1. The van der Waals surface area contributed by atoms with Gasteiger partial charge >= 0.3 is 0 Å². The summed E-state index contributed by atoms with van der Waals surface area (Å²) in [6.07, 6.45) is 1.81. The van der Waals surface area contributed by atoms with E-state index in [2.05, 4.69) is 51.6 Å². The zero-order valence-corrected chi connectivity index (χ0v) is 19.3. The molecule has 1 amide bonds. The maximum absolute atomic E-state index is 13.2. The van der Waals surface area contributed by atoms with Crippen molar-refractivity contribution in [2.45, 2.75) is 19.8 Å². The number of hydrogen-bond donors (Lipinski definition) is 1. The number of benzene rings is 3. The highest BCUT2D eigenvalue weighted by Gasteiger charge is 2.27. The Morgan fingerprint density at radius 1 is 0.853 bits per heavy atom. The van der Waals surface area contributed by atoms with E-state index in [0.29, 0.717) is 6.54 Å². The number of rotatable bonds is 5. The molecular weight excluding hydrogens is 420 g/mol. The summed E-state index contributed by atoms with van der Waals surface area (Å²) in [6.45, 7) is 3.59. The topological polar surface area (TPSA) is 58.1 Å². The molecule has 0 spiro atoms. The van der Waals surface area contributed by atoms with Gasteiger partial charge in [0, 0.05) is 29.9 Å². The van der Waals surface area contributed by atoms with E-state index in [1.54, 1.807) is 0 Å². The molecule has 0 radical (unpaired) electrons. The number of amides is 1. The number of nitrogens with one attached hydrogen (secondary N) is 1. The summed E-state index contributed by atoms with van der Waals surface area (Å²) in [5, 5.41) is 12.2. The van der Waals surface area contributed by atoms with Crippen molar-refractivity contribution in [1.82, 2.24) is 10.2 Å². The summed E-state index contributed by atoms with van der Waals surface area (Å²) in [7, 11) is 0. The third kappa shape index (κ3) is 4.69. The molecule has 5 heteroatoms. The van der Waals surface area contributed by atoms with Crippen LogP contribution in [-0.2, 0) is 4.79 Å². The van der Waals surface area contributed by atoms with Gasteiger partial charge in [-0.25, -0.2) is 0 Å². The second-order valence-electron chi connectivity index (χ2n) is 8.78. The molecular formula is C29H28N4O. The monoisotopic (exact) mass is 448 g/mol. The summed E-state index contributed by atoms with van der Waals surface area (Å²) < 4.78 is 0. The van der Waals surface area contributed by atoms with Crippen molar-refractivity contribution in [2.24, 2.45) is 5.92 Å². The lowest BCUT2D eigenvalue weighted by molar-refractivity contribution is -0.120. The molecule has 0 saturated carbocycles. The SMILES string of the molecule is Cc1ccccc1-c1ccc(N2CCCC(C(=O)Nc3ccccc3-c3ccccc3)C2)nn1. The molecule has 0 aliphatic carbocycles. The second kappa shape index (κ2) is 9.87. The molecule has 1 unspecified atom stereocenters. The zero-order chi connectivity index (χ0) is 23.3. The third-order valence-corrected chi connectivity index (χ3v) is 6.46. The van der Waals surface area contributed by atoms with Gasteiger partial charge in [-0.2, -0.15) is 0 Å². The minimum atomic E-state index is -0.101. The fourth-order valence-electron chi connectivity index (χ4n) is 4.59. The number of para-hydroxylation sites is 1. The Bertz CT molecular complexity index is 1270. The predicted octanol–water partition coefficient (Wildman–Crippen LogP) is 5.97. The van der Waals surface area contributed by atoms with Crippen LogP contribution in [0.15, 0.2) is 91.0 Å². The highest BCUT2D eigenvalue weighted by Crippen LogP contribution is 2.29. The molecule has 1 N–H and O–H groups in total. The fraction of sp³-hybridized carbons (Fsp3) is 0.207. The summed E-state index contributed by atoms with van der Waals surface area (Å²) in [5.74, 6) is 0.771. The molecule has 1 aliphatic heterocycles. The van der Waals surface area contributed by atoms with Crippen molar-refractivity contribution in [3.63, 3.8) is 0 Å². The van der Waals surface area contributed by atoms with Crippen LogP contribution in [0.3, 0.4) is 0 Å². The van der Waals surface area contributed by atoms with Gasteiger partial charge in [0.2, 0.25) is 5.91 Å². The average Bonchev–Trinajstić information content (AvgIpc) is 2.90. The molecule has 1 atom stereocenters. The van der Waals surface area contributed by atoms with Gasteiger partial charge in [-0.1, -0.05) is 72.8 Å². The van der Waals surface area contributed by atoms with Crippen molar-refractivity contribution in [3.05, 3.63) is 96.6 Å². The van der Waals surface area contributed by atoms with Gasteiger partial charge in [-0.3, -0.25) is 4.79 Å². The molecule has 1 saturated heterocycles. The number of nitrogens with zero attached hydrogens (tertiary/aromatic N) is 3. The largest absolute Gasteiger partial charge is 0.354 e. The van der Waals surface area contributed by atoms with E-state index in [4.69, 9.17) is 0 Å². The van der Waals surface area contributed by atoms with E-state index in [-0.39, 0.29) is 11.8 Å². The van der Waals surface area contributed by atoms with Crippen LogP contribution < -0.4 is 10.2 Å². The second-order valence-corrected chi connectivity index (χ2v) is 8.78. The summed E-state index contributed by atoms with van der Waals surface area (Å²) in [6, 6.07) is 30.3. The standard InChI is InChI=1S/C29H28N4O/c1-21-10-5-6-14-24(21)27-17-18-28(32-31-27)33-19-9-13-23(20-33)29(34)30-26-16-8-7-15-25(26)22-11-3-2-4-12-22/h2-8,10-12,14-18,23H,9,13,19-20H2,1H3,(H,30,34). The van der Waals surface area contributed by atoms with Crippen LogP contribution in [0.1, 0.15) is 18.4 Å². The highest BCUT2D eigenvalue weighted by atomic mass is 16.1. The highest BCUT2D eigenvalue weighted by molar-refractivity contribution is 5.97. The van der Waals surface area contributed by atoms with Crippen molar-refractivity contribution < 1.29 is 4.79 Å². The Labute approximate surface area is 200 Å². The molecule has 5 rings (SSSR count). The first-order valence-electron chi connectivity index (χ1n) is 11.8. The average molecular weight is 449 g/mol. The van der Waals surface area contributed by atoms with E-state index >= 15 is 0 Å². The Balaban J connectivity index is 1.29.